The maximum Gasteiger partial charge on any atom is 0.280 e. The largest absolute Gasteiger partial charge is 0.280 e. The van der Waals surface area contributed by atoms with Gasteiger partial charge in [0.15, 0.2) is 0 Å². The van der Waals surface area contributed by atoms with E-state index in [1.165, 1.54) is 0 Å². The van der Waals surface area contributed by atoms with Gasteiger partial charge in [0.05, 0.1) is 18.2 Å². The van der Waals surface area contributed by atoms with Crippen molar-refractivity contribution in [1.82, 2.24) is 4.98 Å². The molecular formula is C9H6BrClF2N2. The second-order valence-corrected chi connectivity index (χ2v) is 3.69. The van der Waals surface area contributed by atoms with Crippen LogP contribution < -0.4 is 0 Å². The maximum atomic E-state index is 12.4. The van der Waals surface area contributed by atoms with Crippen molar-refractivity contribution < 1.29 is 8.78 Å². The molecule has 1 rings (SSSR count). The third kappa shape index (κ3) is 2.86. The van der Waals surface area contributed by atoms with Gasteiger partial charge in [-0.25, -0.2) is 8.78 Å². The number of hydrogen-bond donors (Lipinski definition) is 0. The first-order valence-electron chi connectivity index (χ1n) is 3.99. The zero-order chi connectivity index (χ0) is 11.4. The fourth-order valence-corrected chi connectivity index (χ4v) is 1.85. The van der Waals surface area contributed by atoms with Gasteiger partial charge in [0.25, 0.3) is 6.43 Å². The molecule has 0 aromatic carbocycles. The van der Waals surface area contributed by atoms with Crippen LogP contribution in [0.3, 0.4) is 0 Å². The van der Waals surface area contributed by atoms with Crippen LogP contribution in [-0.4, -0.2) is 4.98 Å². The molecule has 15 heavy (non-hydrogen) atoms. The number of halogens is 4. The monoisotopic (exact) mass is 294 g/mol. The lowest BCUT2D eigenvalue weighted by molar-refractivity contribution is 0.146. The van der Waals surface area contributed by atoms with Gasteiger partial charge in [-0.15, -0.1) is 0 Å². The molecule has 0 aliphatic rings. The van der Waals surface area contributed by atoms with Gasteiger partial charge < -0.3 is 0 Å². The van der Waals surface area contributed by atoms with E-state index >= 15 is 0 Å². The van der Waals surface area contributed by atoms with E-state index in [0.717, 1.165) is 6.07 Å². The van der Waals surface area contributed by atoms with Crippen LogP contribution in [0.5, 0.6) is 0 Å². The lowest BCUT2D eigenvalue weighted by Gasteiger charge is -2.08. The summed E-state index contributed by atoms with van der Waals surface area (Å²) in [4.78, 5) is 3.74. The predicted molar refractivity (Wildman–Crippen MR) is 56.2 cm³/mol. The number of aromatic nitrogens is 1. The first-order valence-corrected chi connectivity index (χ1v) is 5.49. The summed E-state index contributed by atoms with van der Waals surface area (Å²) in [5, 5.41) is 9.00. The average Bonchev–Trinajstić information content (AvgIpc) is 2.20. The Balaban J connectivity index is 3.25. The zero-order valence-corrected chi connectivity index (χ0v) is 9.82. The molecule has 0 N–H and O–H groups in total. The number of rotatable bonds is 3. The van der Waals surface area contributed by atoms with Gasteiger partial charge in [0, 0.05) is 15.9 Å². The zero-order valence-electron chi connectivity index (χ0n) is 7.48. The lowest BCUT2D eigenvalue weighted by Crippen LogP contribution is -2.01. The van der Waals surface area contributed by atoms with Crippen LogP contribution >= 0.6 is 27.5 Å². The molecule has 1 heterocycles. The van der Waals surface area contributed by atoms with Crippen LogP contribution in [0, 0.1) is 11.3 Å². The Morgan fingerprint density at radius 2 is 2.27 bits per heavy atom. The molecule has 0 bridgehead atoms. The van der Waals surface area contributed by atoms with Crippen molar-refractivity contribution in [2.45, 2.75) is 18.2 Å². The number of nitriles is 1. The van der Waals surface area contributed by atoms with Crippen molar-refractivity contribution in [3.05, 3.63) is 28.0 Å². The highest BCUT2D eigenvalue weighted by atomic mass is 79.9. The molecule has 0 spiro atoms. The minimum absolute atomic E-state index is 0.0658. The molecule has 0 saturated carbocycles. The highest BCUT2D eigenvalue weighted by Gasteiger charge is 2.15. The maximum absolute atomic E-state index is 12.4. The van der Waals surface area contributed by atoms with Gasteiger partial charge in [-0.3, -0.25) is 4.98 Å². The first-order chi connectivity index (χ1) is 7.10. The molecule has 1 aromatic rings. The third-order valence-electron chi connectivity index (χ3n) is 1.78. The van der Waals surface area contributed by atoms with Gasteiger partial charge in [-0.2, -0.15) is 5.26 Å². The van der Waals surface area contributed by atoms with E-state index in [2.05, 4.69) is 20.9 Å². The van der Waals surface area contributed by atoms with Crippen molar-refractivity contribution in [1.29, 1.82) is 5.26 Å². The molecule has 0 fully saturated rings. The fraction of sp³-hybridized carbons (Fsp3) is 0.333. The SMILES string of the molecule is N#CCc1c(Cl)cc(C(F)F)nc1CBr. The van der Waals surface area contributed by atoms with Crippen molar-refractivity contribution in [3.63, 3.8) is 0 Å². The average molecular weight is 296 g/mol. The number of pyridine rings is 1. The summed E-state index contributed by atoms with van der Waals surface area (Å²) in [7, 11) is 0. The van der Waals surface area contributed by atoms with Gasteiger partial charge in [0.1, 0.15) is 5.69 Å². The molecule has 0 amide bonds. The van der Waals surface area contributed by atoms with Crippen LogP contribution in [0.2, 0.25) is 5.02 Å². The topological polar surface area (TPSA) is 36.7 Å². The van der Waals surface area contributed by atoms with E-state index in [1.54, 1.807) is 0 Å². The number of hydrogen-bond acceptors (Lipinski definition) is 2. The van der Waals surface area contributed by atoms with E-state index < -0.39 is 6.43 Å². The number of nitrogens with zero attached hydrogens (tertiary/aromatic N) is 2. The predicted octanol–water partition coefficient (Wildman–Crippen LogP) is 3.63. The van der Waals surface area contributed by atoms with Crippen molar-refractivity contribution in [2.24, 2.45) is 0 Å². The Hall–Kier alpha value is -0.730. The van der Waals surface area contributed by atoms with Crippen LogP contribution in [0.1, 0.15) is 23.4 Å². The molecule has 0 unspecified atom stereocenters. The van der Waals surface area contributed by atoms with Crippen molar-refractivity contribution in [3.8, 4) is 6.07 Å². The van der Waals surface area contributed by atoms with Crippen molar-refractivity contribution in [2.75, 3.05) is 0 Å². The highest BCUT2D eigenvalue weighted by Crippen LogP contribution is 2.26. The molecule has 0 saturated heterocycles. The second kappa shape index (κ2) is 5.38. The van der Waals surface area contributed by atoms with Crippen LogP contribution in [-0.2, 0) is 11.8 Å². The van der Waals surface area contributed by atoms with Gasteiger partial charge >= 0.3 is 0 Å². The highest BCUT2D eigenvalue weighted by molar-refractivity contribution is 9.08. The summed E-state index contributed by atoms with van der Waals surface area (Å²) in [5.74, 6) is 0. The van der Waals surface area contributed by atoms with Crippen LogP contribution in [0.25, 0.3) is 0 Å². The van der Waals surface area contributed by atoms with Gasteiger partial charge in [0.2, 0.25) is 0 Å². The molecule has 0 aliphatic heterocycles. The lowest BCUT2D eigenvalue weighted by atomic mass is 10.1. The Kier molecular flexibility index (Phi) is 4.43. The Morgan fingerprint density at radius 1 is 1.60 bits per heavy atom. The van der Waals surface area contributed by atoms with E-state index in [0.29, 0.717) is 16.6 Å². The third-order valence-corrected chi connectivity index (χ3v) is 2.65. The van der Waals surface area contributed by atoms with Crippen LogP contribution in [0.15, 0.2) is 6.07 Å². The van der Waals surface area contributed by atoms with Crippen LogP contribution in [0.4, 0.5) is 8.78 Å². The standard InChI is InChI=1S/C9H6BrClF2N2/c10-4-8-5(1-2-14)6(11)3-7(15-8)9(12)13/h3,9H,1,4H2. The minimum atomic E-state index is -2.66. The smallest absolute Gasteiger partial charge is 0.251 e. The number of alkyl halides is 3. The van der Waals surface area contributed by atoms with E-state index in [-0.39, 0.29) is 17.1 Å². The summed E-state index contributed by atoms with van der Waals surface area (Å²) in [6, 6.07) is 3.02. The normalized spacial score (nSPS) is 10.4. The quantitative estimate of drug-likeness (QED) is 0.798. The summed E-state index contributed by atoms with van der Waals surface area (Å²) in [6.45, 7) is 0. The molecule has 80 valence electrons. The molecule has 6 heteroatoms. The molecule has 0 radical (unpaired) electrons. The van der Waals surface area contributed by atoms with E-state index in [1.807, 2.05) is 6.07 Å². The summed E-state index contributed by atoms with van der Waals surface area (Å²) in [5.41, 5.74) is 0.524. The molecule has 0 atom stereocenters. The fourth-order valence-electron chi connectivity index (χ4n) is 1.10. The minimum Gasteiger partial charge on any atom is -0.251 e. The Morgan fingerprint density at radius 3 is 2.73 bits per heavy atom. The Bertz CT molecular complexity index is 404. The van der Waals surface area contributed by atoms with E-state index in [9.17, 15) is 8.78 Å². The summed E-state index contributed by atoms with van der Waals surface area (Å²) < 4.78 is 24.8. The summed E-state index contributed by atoms with van der Waals surface area (Å²) >= 11 is 8.91. The van der Waals surface area contributed by atoms with E-state index in [4.69, 9.17) is 16.9 Å². The Labute approximate surface area is 99.0 Å². The molecular weight excluding hydrogens is 289 g/mol. The molecule has 1 aromatic heterocycles. The second-order valence-electron chi connectivity index (χ2n) is 2.72. The van der Waals surface area contributed by atoms with Gasteiger partial charge in [-0.1, -0.05) is 27.5 Å². The van der Waals surface area contributed by atoms with Gasteiger partial charge in [-0.05, 0) is 6.07 Å². The molecule has 2 nitrogen and oxygen atoms in total. The van der Waals surface area contributed by atoms with Crippen molar-refractivity contribution >= 4 is 27.5 Å². The first kappa shape index (κ1) is 12.3. The summed E-state index contributed by atoms with van der Waals surface area (Å²) in [6.07, 6.45) is -2.59. The molecule has 0 aliphatic carbocycles.